The molecule has 6 aromatic carbocycles. The first kappa shape index (κ1) is 36.0. The first-order chi connectivity index (χ1) is 26.5. The molecule has 0 nitrogen and oxygen atoms in total. The monoisotopic (exact) mass is 694 g/mol. The van der Waals surface area contributed by atoms with Crippen molar-refractivity contribution in [3.05, 3.63) is 220 Å². The molecule has 1 aliphatic rings. The second kappa shape index (κ2) is 16.5. The average Bonchev–Trinajstić information content (AvgIpc) is 3.21. The van der Waals surface area contributed by atoms with E-state index < -0.39 is 0 Å². The molecule has 0 radical (unpaired) electrons. The van der Waals surface area contributed by atoms with Crippen molar-refractivity contribution in [3.63, 3.8) is 0 Å². The molecule has 1 unspecified atom stereocenters. The van der Waals surface area contributed by atoms with E-state index in [0.29, 0.717) is 6.42 Å². The van der Waals surface area contributed by atoms with Crippen LogP contribution in [0.5, 0.6) is 0 Å². The predicted octanol–water partition coefficient (Wildman–Crippen LogP) is 10.8. The summed E-state index contributed by atoms with van der Waals surface area (Å²) in [5, 5.41) is 9.61. The maximum Gasteiger partial charge on any atom is 0.0270 e. The summed E-state index contributed by atoms with van der Waals surface area (Å²) >= 11 is 0. The summed E-state index contributed by atoms with van der Waals surface area (Å²) in [5.41, 5.74) is 9.93. The number of allylic oxidation sites excluding steroid dienone is 9. The molecule has 0 amide bonds. The Morgan fingerprint density at radius 3 is 2.28 bits per heavy atom. The van der Waals surface area contributed by atoms with E-state index in [1.54, 1.807) is 0 Å². The highest BCUT2D eigenvalue weighted by Crippen LogP contribution is 2.35. The van der Waals surface area contributed by atoms with Gasteiger partial charge >= 0.3 is 0 Å². The molecule has 0 aliphatic heterocycles. The zero-order chi connectivity index (χ0) is 37.4. The first-order valence-electron chi connectivity index (χ1n) is 18.9. The third-order valence-electron chi connectivity index (χ3n) is 10.6. The number of hydrogen-bond acceptors (Lipinski definition) is 0. The van der Waals surface area contributed by atoms with Crippen molar-refractivity contribution < 1.29 is 0 Å². The van der Waals surface area contributed by atoms with Crippen LogP contribution in [0.25, 0.3) is 50.4 Å². The lowest BCUT2D eigenvalue weighted by atomic mass is 9.80. The molecule has 1 atom stereocenters. The van der Waals surface area contributed by atoms with E-state index in [9.17, 15) is 0 Å². The highest BCUT2D eigenvalue weighted by Gasteiger charge is 2.21. The van der Waals surface area contributed by atoms with Crippen LogP contribution in [0.2, 0.25) is 0 Å². The van der Waals surface area contributed by atoms with E-state index in [2.05, 4.69) is 191 Å². The largest absolute Gasteiger partial charge is 0.120 e. The Hall–Kier alpha value is -6.42. The minimum atomic E-state index is 0.103. The van der Waals surface area contributed by atoms with E-state index >= 15 is 0 Å². The molecule has 0 spiro atoms. The van der Waals surface area contributed by atoms with E-state index in [0.717, 1.165) is 34.4 Å². The van der Waals surface area contributed by atoms with Crippen LogP contribution in [0.15, 0.2) is 188 Å². The summed E-state index contributed by atoms with van der Waals surface area (Å²) in [6, 6.07) is 48.0. The maximum atomic E-state index is 5.63. The molecule has 262 valence electrons. The minimum Gasteiger partial charge on any atom is -0.120 e. The van der Waals surface area contributed by atoms with Crippen LogP contribution >= 0.6 is 0 Å². The topological polar surface area (TPSA) is 0 Å². The quantitative estimate of drug-likeness (QED) is 0.0989. The summed E-state index contributed by atoms with van der Waals surface area (Å²) < 4.78 is 0. The zero-order valence-electron chi connectivity index (χ0n) is 31.4. The van der Waals surface area contributed by atoms with Crippen molar-refractivity contribution in [2.75, 3.05) is 0 Å². The summed E-state index contributed by atoms with van der Waals surface area (Å²) in [7, 11) is 0. The molecule has 0 saturated carbocycles. The van der Waals surface area contributed by atoms with Gasteiger partial charge in [0.05, 0.1) is 0 Å². The van der Waals surface area contributed by atoms with Gasteiger partial charge in [-0.25, -0.2) is 0 Å². The van der Waals surface area contributed by atoms with Gasteiger partial charge in [0.2, 0.25) is 0 Å². The molecule has 0 fully saturated rings. The van der Waals surface area contributed by atoms with Crippen molar-refractivity contribution in [3.8, 4) is 12.3 Å². The predicted molar refractivity (Wildman–Crippen MR) is 235 cm³/mol. The Balaban J connectivity index is 1.49. The van der Waals surface area contributed by atoms with Gasteiger partial charge in [-0.3, -0.25) is 0 Å². The van der Waals surface area contributed by atoms with Crippen LogP contribution < -0.4 is 20.9 Å². The van der Waals surface area contributed by atoms with Crippen molar-refractivity contribution in [1.29, 1.82) is 0 Å². The smallest absolute Gasteiger partial charge is 0.0270 e. The molecule has 0 N–H and O–H groups in total. The van der Waals surface area contributed by atoms with Crippen LogP contribution in [0.3, 0.4) is 0 Å². The van der Waals surface area contributed by atoms with Crippen molar-refractivity contribution in [2.45, 2.75) is 33.1 Å². The Bertz CT molecular complexity index is 2800. The van der Waals surface area contributed by atoms with Crippen molar-refractivity contribution in [2.24, 2.45) is 5.92 Å². The number of fused-ring (bicyclic) bond motifs is 3. The zero-order valence-corrected chi connectivity index (χ0v) is 31.4. The summed E-state index contributed by atoms with van der Waals surface area (Å²) in [6.07, 6.45) is 21.2. The fourth-order valence-electron chi connectivity index (χ4n) is 7.91. The molecule has 0 heteroatoms. The van der Waals surface area contributed by atoms with Gasteiger partial charge in [-0.05, 0) is 106 Å². The summed E-state index contributed by atoms with van der Waals surface area (Å²) in [5.74, 6) is 2.85. The highest BCUT2D eigenvalue weighted by molar-refractivity contribution is 5.96. The number of hydrogen-bond donors (Lipinski definition) is 0. The third-order valence-corrected chi connectivity index (χ3v) is 10.6. The van der Waals surface area contributed by atoms with Gasteiger partial charge in [0.15, 0.2) is 0 Å². The Morgan fingerprint density at radius 2 is 1.50 bits per heavy atom. The normalized spacial score (nSPS) is 15.4. The fourth-order valence-corrected chi connectivity index (χ4v) is 7.91. The Morgan fingerprint density at radius 1 is 0.796 bits per heavy atom. The lowest BCUT2D eigenvalue weighted by Crippen LogP contribution is -2.34. The molecule has 0 heterocycles. The fraction of sp³-hybridized carbons (Fsp3) is 0.111. The van der Waals surface area contributed by atoms with Gasteiger partial charge in [0.1, 0.15) is 0 Å². The molecular formula is C54H46. The van der Waals surface area contributed by atoms with Crippen LogP contribution in [-0.4, -0.2) is 0 Å². The highest BCUT2D eigenvalue weighted by atomic mass is 14.3. The lowest BCUT2D eigenvalue weighted by molar-refractivity contribution is 0.905. The number of rotatable bonds is 10. The van der Waals surface area contributed by atoms with Crippen molar-refractivity contribution >= 4 is 50.4 Å². The molecule has 1 aliphatic carbocycles. The van der Waals surface area contributed by atoms with E-state index in [4.69, 9.17) is 6.42 Å². The van der Waals surface area contributed by atoms with E-state index in [-0.39, 0.29) is 5.92 Å². The summed E-state index contributed by atoms with van der Waals surface area (Å²) in [4.78, 5) is 0. The molecule has 0 bridgehead atoms. The number of terminal acetylenes is 1. The van der Waals surface area contributed by atoms with Crippen LogP contribution in [0, 0.1) is 18.3 Å². The Kier molecular flexibility index (Phi) is 11.0. The molecule has 6 aromatic rings. The second-order valence-electron chi connectivity index (χ2n) is 13.9. The Labute approximate surface area is 320 Å². The average molecular weight is 695 g/mol. The standard InChI is InChI=1S/C54H46/c1-6-9-10-11-25-44-37-53(51-29-18-19-30-52(51)54(44)45-33-32-41-22-13-14-24-43(41)36-45)39(5)34-46(47(8-3)48-27-16-12-21-38(48)4)35-40(7-2)49-31-20-26-42-23-15-17-28-50(42)49/h1,8,10-36,39H,3-4,7,9,37H2,2,5H3/b11-10-,40-35+,44-25+,46-34+,48-47+. The van der Waals surface area contributed by atoms with Crippen LogP contribution in [-0.2, 0) is 0 Å². The third kappa shape index (κ3) is 7.41. The molecule has 7 rings (SSSR count). The van der Waals surface area contributed by atoms with Gasteiger partial charge < -0.3 is 0 Å². The van der Waals surface area contributed by atoms with Crippen LogP contribution in [0.1, 0.15) is 44.2 Å². The lowest BCUT2D eigenvalue weighted by Gasteiger charge is -2.24. The van der Waals surface area contributed by atoms with E-state index in [1.807, 2.05) is 12.1 Å². The van der Waals surface area contributed by atoms with Crippen LogP contribution in [0.4, 0.5) is 0 Å². The molecule has 54 heavy (non-hydrogen) atoms. The van der Waals surface area contributed by atoms with Gasteiger partial charge in [-0.15, -0.1) is 12.3 Å². The molecular weight excluding hydrogens is 649 g/mol. The van der Waals surface area contributed by atoms with Gasteiger partial charge in [-0.2, -0.15) is 0 Å². The number of benzene rings is 6. The molecule has 0 aromatic heterocycles. The summed E-state index contributed by atoms with van der Waals surface area (Å²) in [6.45, 7) is 13.4. The maximum absolute atomic E-state index is 5.63. The van der Waals surface area contributed by atoms with Gasteiger partial charge in [0, 0.05) is 6.42 Å². The van der Waals surface area contributed by atoms with Gasteiger partial charge in [-0.1, -0.05) is 196 Å². The minimum absolute atomic E-state index is 0.103. The first-order valence-corrected chi connectivity index (χ1v) is 18.9. The van der Waals surface area contributed by atoms with E-state index in [1.165, 1.54) is 65.4 Å². The second-order valence-corrected chi connectivity index (χ2v) is 13.9. The van der Waals surface area contributed by atoms with Gasteiger partial charge in [0.25, 0.3) is 0 Å². The molecule has 0 saturated heterocycles. The van der Waals surface area contributed by atoms with Crippen molar-refractivity contribution in [1.82, 2.24) is 0 Å². The SMILES string of the molecule is C#CC/C=C\C=C1/CC(C(C)/C=C(\C=C(/CC)c2cccc3ccccc23)C(/C=C)=c2\ccccc2=C)=c2ccccc2=C1c1ccc2ccccc2c1.